The van der Waals surface area contributed by atoms with Crippen molar-refractivity contribution in [2.24, 2.45) is 34.2 Å². The zero-order valence-electron chi connectivity index (χ0n) is 12.7. The number of nitrogens with zero attached hydrogens (tertiary/aromatic N) is 2. The number of carbonyl (C=O) groups excluding carboxylic acids is 2. The second kappa shape index (κ2) is 4.70. The molecule has 4 atom stereocenters. The smallest absolute Gasteiger partial charge is 0.254 e. The molecule has 1 aliphatic heterocycles. The molecular weight excluding hydrogens is 347 g/mol. The molecule has 0 aromatic heterocycles. The Hall–Kier alpha value is -1.65. The Bertz CT molecular complexity index is 809. The number of imide groups is 1. The molecule has 1 spiro atoms. The number of hydrogen-bond acceptors (Lipinski definition) is 3. The lowest BCUT2D eigenvalue weighted by molar-refractivity contribution is -0.141. The van der Waals surface area contributed by atoms with Gasteiger partial charge >= 0.3 is 0 Å². The number of carbonyl (C=O) groups is 2. The van der Waals surface area contributed by atoms with Gasteiger partial charge in [-0.1, -0.05) is 41.4 Å². The molecule has 1 saturated heterocycles. The van der Waals surface area contributed by atoms with Crippen LogP contribution >= 0.6 is 23.2 Å². The Morgan fingerprint density at radius 3 is 2.25 bits per heavy atom. The van der Waals surface area contributed by atoms with E-state index in [1.165, 1.54) is 6.21 Å². The third-order valence-corrected chi connectivity index (χ3v) is 6.67. The van der Waals surface area contributed by atoms with E-state index in [0.29, 0.717) is 15.6 Å². The van der Waals surface area contributed by atoms with E-state index in [1.54, 1.807) is 18.2 Å². The topological polar surface area (TPSA) is 49.7 Å². The summed E-state index contributed by atoms with van der Waals surface area (Å²) in [6, 6.07) is 5.01. The Kier molecular flexibility index (Phi) is 2.88. The van der Waals surface area contributed by atoms with Crippen molar-refractivity contribution in [3.8, 4) is 0 Å². The van der Waals surface area contributed by atoms with Crippen LogP contribution in [0, 0.1) is 29.1 Å². The number of benzene rings is 1. The SMILES string of the molecule is O=C1[C@H]2[C@H](C(=O)N1/N=C\c1ccc(Cl)cc1Cl)[C@H]1C=C[C@H]2C12CC2. The second-order valence-electron chi connectivity index (χ2n) is 7.12. The van der Waals surface area contributed by atoms with Gasteiger partial charge in [0, 0.05) is 10.6 Å². The molecule has 1 heterocycles. The van der Waals surface area contributed by atoms with Crippen molar-refractivity contribution in [3.05, 3.63) is 46.0 Å². The molecule has 1 aromatic carbocycles. The number of fused-ring (bicyclic) bond motifs is 3. The number of hydrazone groups is 1. The summed E-state index contributed by atoms with van der Waals surface area (Å²) in [7, 11) is 0. The van der Waals surface area contributed by atoms with Crippen LogP contribution in [0.1, 0.15) is 18.4 Å². The van der Waals surface area contributed by atoms with Gasteiger partial charge in [0.15, 0.2) is 0 Å². The van der Waals surface area contributed by atoms with Crippen molar-refractivity contribution in [2.45, 2.75) is 12.8 Å². The molecular formula is C18H14Cl2N2O2. The van der Waals surface area contributed by atoms with Gasteiger partial charge in [0.25, 0.3) is 11.8 Å². The van der Waals surface area contributed by atoms with Crippen molar-refractivity contribution in [3.63, 3.8) is 0 Å². The third-order valence-electron chi connectivity index (χ3n) is 6.10. The average molecular weight is 361 g/mol. The minimum absolute atomic E-state index is 0.172. The minimum atomic E-state index is -0.229. The molecule has 4 nitrogen and oxygen atoms in total. The Labute approximate surface area is 149 Å². The Balaban J connectivity index is 1.44. The van der Waals surface area contributed by atoms with E-state index in [1.807, 2.05) is 0 Å². The van der Waals surface area contributed by atoms with Gasteiger partial charge in [0.1, 0.15) is 0 Å². The summed E-state index contributed by atoms with van der Waals surface area (Å²) >= 11 is 12.0. The predicted molar refractivity (Wildman–Crippen MR) is 90.7 cm³/mol. The lowest BCUT2D eigenvalue weighted by Crippen LogP contribution is -2.30. The first-order chi connectivity index (χ1) is 11.5. The lowest BCUT2D eigenvalue weighted by Gasteiger charge is -2.18. The second-order valence-corrected chi connectivity index (χ2v) is 7.96. The molecule has 2 amide bonds. The zero-order chi connectivity index (χ0) is 16.6. The maximum Gasteiger partial charge on any atom is 0.254 e. The van der Waals surface area contributed by atoms with Gasteiger partial charge in [-0.05, 0) is 42.2 Å². The van der Waals surface area contributed by atoms with Crippen molar-refractivity contribution in [1.29, 1.82) is 0 Å². The number of hydrogen-bond donors (Lipinski definition) is 0. The van der Waals surface area contributed by atoms with Gasteiger partial charge in [-0.3, -0.25) is 9.59 Å². The highest BCUT2D eigenvalue weighted by molar-refractivity contribution is 6.36. The van der Waals surface area contributed by atoms with Crippen molar-refractivity contribution in [1.82, 2.24) is 5.01 Å². The monoisotopic (exact) mass is 360 g/mol. The van der Waals surface area contributed by atoms with E-state index in [0.717, 1.165) is 17.9 Å². The number of halogens is 2. The Morgan fingerprint density at radius 1 is 1.08 bits per heavy atom. The van der Waals surface area contributed by atoms with Gasteiger partial charge in [-0.25, -0.2) is 0 Å². The molecule has 3 fully saturated rings. The van der Waals surface area contributed by atoms with Gasteiger partial charge in [0.05, 0.1) is 23.1 Å². The number of rotatable bonds is 2. The van der Waals surface area contributed by atoms with E-state index in [2.05, 4.69) is 17.3 Å². The van der Waals surface area contributed by atoms with Crippen LogP contribution in [0.2, 0.25) is 10.0 Å². The molecule has 2 saturated carbocycles. The molecule has 5 rings (SSSR count). The van der Waals surface area contributed by atoms with Gasteiger partial charge in [-0.15, -0.1) is 0 Å². The van der Waals surface area contributed by atoms with Crippen LogP contribution in [0.25, 0.3) is 0 Å². The van der Waals surface area contributed by atoms with Crippen LogP contribution in [-0.4, -0.2) is 23.0 Å². The average Bonchev–Trinajstić information content (AvgIpc) is 3.15. The zero-order valence-corrected chi connectivity index (χ0v) is 14.2. The number of amides is 2. The van der Waals surface area contributed by atoms with Gasteiger partial charge < -0.3 is 0 Å². The van der Waals surface area contributed by atoms with E-state index in [9.17, 15) is 9.59 Å². The van der Waals surface area contributed by atoms with Gasteiger partial charge in [-0.2, -0.15) is 10.1 Å². The van der Waals surface area contributed by atoms with Crippen LogP contribution in [0.3, 0.4) is 0 Å². The quantitative estimate of drug-likeness (QED) is 0.460. The van der Waals surface area contributed by atoms with Crippen LogP contribution in [-0.2, 0) is 9.59 Å². The lowest BCUT2D eigenvalue weighted by atomic mass is 9.85. The van der Waals surface area contributed by atoms with E-state index >= 15 is 0 Å². The standard InChI is InChI=1S/C18H14Cl2N2O2/c19-10-2-1-9(13(20)7-10)8-21-22-16(23)14-11-3-4-12(15(14)17(22)24)18(11)5-6-18/h1-4,7-8,11-12,14-15H,5-6H2/b21-8-/t11-,12-,14-,15-/m1/s1. The summed E-state index contributed by atoms with van der Waals surface area (Å²) in [4.78, 5) is 25.5. The molecule has 2 bridgehead atoms. The molecule has 4 aliphatic rings. The summed E-state index contributed by atoms with van der Waals surface area (Å²) in [6.07, 6.45) is 8.01. The third kappa shape index (κ3) is 1.73. The molecule has 0 N–H and O–H groups in total. The molecule has 122 valence electrons. The first kappa shape index (κ1) is 14.7. The summed E-state index contributed by atoms with van der Waals surface area (Å²) in [5.74, 6) is -0.379. The first-order valence-corrected chi connectivity index (χ1v) is 8.84. The normalized spacial score (nSPS) is 34.8. The maximum absolute atomic E-state index is 12.8. The molecule has 0 unspecified atom stereocenters. The highest BCUT2D eigenvalue weighted by Crippen LogP contribution is 2.73. The largest absolute Gasteiger partial charge is 0.272 e. The van der Waals surface area contributed by atoms with Crippen LogP contribution in [0.15, 0.2) is 35.5 Å². The van der Waals surface area contributed by atoms with Gasteiger partial charge in [0.2, 0.25) is 0 Å². The van der Waals surface area contributed by atoms with Crippen molar-refractivity contribution >= 4 is 41.2 Å². The fraction of sp³-hybridized carbons (Fsp3) is 0.389. The highest BCUT2D eigenvalue weighted by Gasteiger charge is 2.73. The van der Waals surface area contributed by atoms with Crippen molar-refractivity contribution < 1.29 is 9.59 Å². The fourth-order valence-corrected chi connectivity index (χ4v) is 5.36. The molecule has 3 aliphatic carbocycles. The summed E-state index contributed by atoms with van der Waals surface area (Å²) < 4.78 is 0. The van der Waals surface area contributed by atoms with E-state index in [-0.39, 0.29) is 40.9 Å². The maximum atomic E-state index is 12.8. The fourth-order valence-electron chi connectivity index (χ4n) is 4.90. The molecule has 1 aromatic rings. The van der Waals surface area contributed by atoms with Crippen LogP contribution in [0.4, 0.5) is 0 Å². The molecule has 0 radical (unpaired) electrons. The number of allylic oxidation sites excluding steroid dienone is 2. The van der Waals surface area contributed by atoms with E-state index in [4.69, 9.17) is 23.2 Å². The first-order valence-electron chi connectivity index (χ1n) is 8.08. The highest BCUT2D eigenvalue weighted by atomic mass is 35.5. The van der Waals surface area contributed by atoms with Crippen molar-refractivity contribution in [2.75, 3.05) is 0 Å². The minimum Gasteiger partial charge on any atom is -0.272 e. The van der Waals surface area contributed by atoms with Crippen LogP contribution < -0.4 is 0 Å². The Morgan fingerprint density at radius 2 is 1.71 bits per heavy atom. The summed E-state index contributed by atoms with van der Waals surface area (Å²) in [5.41, 5.74) is 0.828. The van der Waals surface area contributed by atoms with E-state index < -0.39 is 0 Å². The molecule has 6 heteroatoms. The molecule has 24 heavy (non-hydrogen) atoms. The summed E-state index contributed by atoms with van der Waals surface area (Å²) in [6.45, 7) is 0. The predicted octanol–water partition coefficient (Wildman–Crippen LogP) is 3.52. The van der Waals surface area contributed by atoms with Crippen LogP contribution in [0.5, 0.6) is 0 Å². The summed E-state index contributed by atoms with van der Waals surface area (Å²) in [5, 5.41) is 6.15.